The van der Waals surface area contributed by atoms with E-state index in [0.29, 0.717) is 16.9 Å². The van der Waals surface area contributed by atoms with Gasteiger partial charge in [0.25, 0.3) is 0 Å². The molecule has 21 heavy (non-hydrogen) atoms. The molecule has 1 N–H and O–H groups in total. The van der Waals surface area contributed by atoms with Crippen LogP contribution in [0, 0.1) is 25.5 Å². The van der Waals surface area contributed by atoms with Crippen LogP contribution in [-0.4, -0.2) is 12.2 Å². The summed E-state index contributed by atoms with van der Waals surface area (Å²) in [5, 5.41) is 10.5. The minimum absolute atomic E-state index is 0.279. The third-order valence-corrected chi connectivity index (χ3v) is 3.76. The van der Waals surface area contributed by atoms with Crippen molar-refractivity contribution in [1.82, 2.24) is 0 Å². The summed E-state index contributed by atoms with van der Waals surface area (Å²) in [4.78, 5) is 0. The quantitative estimate of drug-likeness (QED) is 0.881. The van der Waals surface area contributed by atoms with E-state index in [1.165, 1.54) is 7.11 Å². The zero-order valence-electron chi connectivity index (χ0n) is 11.9. The van der Waals surface area contributed by atoms with Gasteiger partial charge in [-0.3, -0.25) is 0 Å². The van der Waals surface area contributed by atoms with Crippen LogP contribution < -0.4 is 4.74 Å². The van der Waals surface area contributed by atoms with E-state index in [0.717, 1.165) is 17.7 Å². The number of aryl methyl sites for hydroxylation is 2. The number of hydrogen-bond acceptors (Lipinski definition) is 2. The maximum Gasteiger partial charge on any atom is 0.133 e. The van der Waals surface area contributed by atoms with Crippen LogP contribution in [0.3, 0.4) is 0 Å². The maximum absolute atomic E-state index is 14.0. The Morgan fingerprint density at radius 2 is 1.62 bits per heavy atom. The van der Waals surface area contributed by atoms with Gasteiger partial charge in [-0.2, -0.15) is 0 Å². The largest absolute Gasteiger partial charge is 0.496 e. The van der Waals surface area contributed by atoms with Crippen molar-refractivity contribution in [1.29, 1.82) is 0 Å². The molecule has 2 aromatic carbocycles. The molecule has 0 saturated heterocycles. The van der Waals surface area contributed by atoms with Crippen molar-refractivity contribution < 1.29 is 18.6 Å². The van der Waals surface area contributed by atoms with Crippen LogP contribution in [0.5, 0.6) is 5.75 Å². The molecule has 1 unspecified atom stereocenters. The molecule has 0 fully saturated rings. The molecule has 2 nitrogen and oxygen atoms in total. The van der Waals surface area contributed by atoms with E-state index in [4.69, 9.17) is 4.74 Å². The lowest BCUT2D eigenvalue weighted by Gasteiger charge is -2.19. The second kappa shape index (κ2) is 6.12. The Morgan fingerprint density at radius 3 is 2.14 bits per heavy atom. The Morgan fingerprint density at radius 1 is 1.05 bits per heavy atom. The standard InChI is InChI=1S/C16H15BrF2O2/c1-8-4-9(2)14(13(5-8)21-3)16(20)15-11(18)6-10(17)7-12(15)19/h4-7,16,20H,1-3H3. The number of hydrogen-bond donors (Lipinski definition) is 1. The number of benzene rings is 2. The van der Waals surface area contributed by atoms with Gasteiger partial charge in [0, 0.05) is 10.0 Å². The molecule has 0 aromatic heterocycles. The molecule has 0 heterocycles. The second-order valence-corrected chi connectivity index (χ2v) is 5.80. The molecule has 0 amide bonds. The molecule has 0 aliphatic rings. The summed E-state index contributed by atoms with van der Waals surface area (Å²) in [6.07, 6.45) is -1.44. The highest BCUT2D eigenvalue weighted by atomic mass is 79.9. The maximum atomic E-state index is 14.0. The van der Waals surface area contributed by atoms with Crippen molar-refractivity contribution in [3.63, 3.8) is 0 Å². The van der Waals surface area contributed by atoms with E-state index in [1.807, 2.05) is 13.0 Å². The summed E-state index contributed by atoms with van der Waals surface area (Å²) in [6, 6.07) is 5.80. The molecule has 112 valence electrons. The molecule has 0 saturated carbocycles. The molecule has 2 rings (SSSR count). The Bertz CT molecular complexity index is 663. The van der Waals surface area contributed by atoms with E-state index in [-0.39, 0.29) is 10.0 Å². The zero-order valence-corrected chi connectivity index (χ0v) is 13.5. The highest BCUT2D eigenvalue weighted by Crippen LogP contribution is 2.36. The number of methoxy groups -OCH3 is 1. The third kappa shape index (κ3) is 3.09. The summed E-state index contributed by atoms with van der Waals surface area (Å²) < 4.78 is 33.6. The predicted octanol–water partition coefficient (Wildman–Crippen LogP) is 4.43. The second-order valence-electron chi connectivity index (χ2n) is 4.88. The molecule has 0 radical (unpaired) electrons. The highest BCUT2D eigenvalue weighted by molar-refractivity contribution is 9.10. The van der Waals surface area contributed by atoms with Crippen molar-refractivity contribution in [2.24, 2.45) is 0 Å². The monoisotopic (exact) mass is 356 g/mol. The van der Waals surface area contributed by atoms with E-state index < -0.39 is 17.7 Å². The van der Waals surface area contributed by atoms with E-state index >= 15 is 0 Å². The first-order valence-electron chi connectivity index (χ1n) is 6.32. The van der Waals surface area contributed by atoms with Crippen LogP contribution >= 0.6 is 15.9 Å². The van der Waals surface area contributed by atoms with Gasteiger partial charge in [-0.15, -0.1) is 0 Å². The molecule has 1 atom stereocenters. The van der Waals surface area contributed by atoms with Gasteiger partial charge in [0.2, 0.25) is 0 Å². The first kappa shape index (κ1) is 15.9. The molecule has 0 bridgehead atoms. The van der Waals surface area contributed by atoms with Crippen LogP contribution in [0.2, 0.25) is 0 Å². The normalized spacial score (nSPS) is 12.3. The first-order valence-corrected chi connectivity index (χ1v) is 7.12. The van der Waals surface area contributed by atoms with Crippen molar-refractivity contribution in [3.05, 3.63) is 62.6 Å². The fourth-order valence-corrected chi connectivity index (χ4v) is 2.82. The third-order valence-electron chi connectivity index (χ3n) is 3.30. The predicted molar refractivity (Wildman–Crippen MR) is 80.6 cm³/mol. The molecule has 0 aliphatic heterocycles. The lowest BCUT2D eigenvalue weighted by molar-refractivity contribution is 0.203. The van der Waals surface area contributed by atoms with Gasteiger partial charge in [-0.1, -0.05) is 22.0 Å². The number of halogens is 3. The fourth-order valence-electron chi connectivity index (χ4n) is 2.42. The van der Waals surface area contributed by atoms with Gasteiger partial charge in [-0.05, 0) is 43.2 Å². The highest BCUT2D eigenvalue weighted by Gasteiger charge is 2.25. The summed E-state index contributed by atoms with van der Waals surface area (Å²) in [5.74, 6) is -1.21. The molecular weight excluding hydrogens is 342 g/mol. The Balaban J connectivity index is 2.63. The van der Waals surface area contributed by atoms with E-state index in [9.17, 15) is 13.9 Å². The molecule has 2 aromatic rings. The Kier molecular flexibility index (Phi) is 4.64. The van der Waals surface area contributed by atoms with Crippen LogP contribution in [-0.2, 0) is 0 Å². The average molecular weight is 357 g/mol. The minimum Gasteiger partial charge on any atom is -0.496 e. The zero-order chi connectivity index (χ0) is 15.7. The molecule has 0 spiro atoms. The number of rotatable bonds is 3. The van der Waals surface area contributed by atoms with Gasteiger partial charge in [0.05, 0.1) is 12.7 Å². The number of aliphatic hydroxyl groups excluding tert-OH is 1. The van der Waals surface area contributed by atoms with Crippen molar-refractivity contribution in [2.75, 3.05) is 7.11 Å². The van der Waals surface area contributed by atoms with E-state index in [2.05, 4.69) is 15.9 Å². The van der Waals surface area contributed by atoms with Gasteiger partial charge in [0.15, 0.2) is 0 Å². The van der Waals surface area contributed by atoms with Crippen LogP contribution in [0.4, 0.5) is 8.78 Å². The number of ether oxygens (including phenoxy) is 1. The van der Waals surface area contributed by atoms with Crippen LogP contribution in [0.1, 0.15) is 28.4 Å². The molecule has 0 aliphatic carbocycles. The first-order chi connectivity index (χ1) is 9.85. The topological polar surface area (TPSA) is 29.5 Å². The summed E-state index contributed by atoms with van der Waals surface area (Å²) in [7, 11) is 1.46. The van der Waals surface area contributed by atoms with Crippen molar-refractivity contribution >= 4 is 15.9 Å². The minimum atomic E-state index is -1.44. The van der Waals surface area contributed by atoms with Gasteiger partial charge in [-0.25, -0.2) is 8.78 Å². The van der Waals surface area contributed by atoms with Crippen molar-refractivity contribution in [2.45, 2.75) is 20.0 Å². The van der Waals surface area contributed by atoms with Gasteiger partial charge in [0.1, 0.15) is 23.5 Å². The average Bonchev–Trinajstić information content (AvgIpc) is 2.35. The molecular formula is C16H15BrF2O2. The lowest BCUT2D eigenvalue weighted by atomic mass is 9.94. The van der Waals surface area contributed by atoms with Crippen LogP contribution in [0.15, 0.2) is 28.7 Å². The lowest BCUT2D eigenvalue weighted by Crippen LogP contribution is -2.09. The Hall–Kier alpha value is -1.46. The van der Waals surface area contributed by atoms with Crippen LogP contribution in [0.25, 0.3) is 0 Å². The summed E-state index contributed by atoms with van der Waals surface area (Å²) >= 11 is 3.02. The fraction of sp³-hybridized carbons (Fsp3) is 0.250. The summed E-state index contributed by atoms with van der Waals surface area (Å²) in [5.41, 5.74) is 1.63. The SMILES string of the molecule is COc1cc(C)cc(C)c1C(O)c1c(F)cc(Br)cc1F. The smallest absolute Gasteiger partial charge is 0.133 e. The van der Waals surface area contributed by atoms with E-state index in [1.54, 1.807) is 13.0 Å². The van der Waals surface area contributed by atoms with Crippen molar-refractivity contribution in [3.8, 4) is 5.75 Å². The summed E-state index contributed by atoms with van der Waals surface area (Å²) in [6.45, 7) is 3.65. The van der Waals surface area contributed by atoms with Gasteiger partial charge >= 0.3 is 0 Å². The Labute approximate surface area is 130 Å². The molecule has 5 heteroatoms. The number of aliphatic hydroxyl groups is 1. The van der Waals surface area contributed by atoms with Gasteiger partial charge < -0.3 is 9.84 Å².